The Balaban J connectivity index is 2.76. The maximum atomic E-state index is 13.4. The molecule has 0 saturated heterocycles. The first kappa shape index (κ1) is 17.9. The SMILES string of the molecule is CCN(CC)CCCN(CC)c1ccc(F)cc1[C@H](C)O. The minimum absolute atomic E-state index is 0.297. The first-order valence-corrected chi connectivity index (χ1v) is 7.98. The zero-order chi connectivity index (χ0) is 15.8. The van der Waals surface area contributed by atoms with Crippen molar-refractivity contribution in [2.45, 2.75) is 40.2 Å². The molecule has 0 fully saturated rings. The maximum absolute atomic E-state index is 13.4. The maximum Gasteiger partial charge on any atom is 0.123 e. The van der Waals surface area contributed by atoms with Gasteiger partial charge in [0.25, 0.3) is 0 Å². The number of anilines is 1. The standard InChI is InChI=1S/C17H29FN2O/c1-5-19(6-2)11-8-12-20(7-3)17-10-9-15(18)13-16(17)14(4)21/h9-10,13-14,21H,5-8,11-12H2,1-4H3/t14-/m0/s1. The van der Waals surface area contributed by atoms with E-state index in [4.69, 9.17) is 0 Å². The van der Waals surface area contributed by atoms with Gasteiger partial charge in [-0.1, -0.05) is 13.8 Å². The molecule has 3 nitrogen and oxygen atoms in total. The molecule has 0 saturated carbocycles. The van der Waals surface area contributed by atoms with Crippen LogP contribution in [0, 0.1) is 5.82 Å². The third kappa shape index (κ3) is 5.29. The van der Waals surface area contributed by atoms with Gasteiger partial charge in [-0.15, -0.1) is 0 Å². The lowest BCUT2D eigenvalue weighted by Gasteiger charge is -2.28. The average Bonchev–Trinajstić information content (AvgIpc) is 2.48. The van der Waals surface area contributed by atoms with Crippen LogP contribution in [0.4, 0.5) is 10.1 Å². The van der Waals surface area contributed by atoms with Crippen molar-refractivity contribution in [1.82, 2.24) is 4.90 Å². The van der Waals surface area contributed by atoms with E-state index in [1.54, 1.807) is 13.0 Å². The molecular weight excluding hydrogens is 267 g/mol. The normalized spacial score (nSPS) is 12.7. The molecule has 0 radical (unpaired) electrons. The molecule has 0 aliphatic carbocycles. The fraction of sp³-hybridized carbons (Fsp3) is 0.647. The van der Waals surface area contributed by atoms with Crippen molar-refractivity contribution in [3.63, 3.8) is 0 Å². The van der Waals surface area contributed by atoms with E-state index in [0.29, 0.717) is 5.56 Å². The molecule has 1 atom stereocenters. The van der Waals surface area contributed by atoms with Crippen molar-refractivity contribution in [3.05, 3.63) is 29.6 Å². The molecule has 0 unspecified atom stereocenters. The van der Waals surface area contributed by atoms with Crippen LogP contribution in [0.1, 0.15) is 45.8 Å². The number of hydrogen-bond donors (Lipinski definition) is 1. The zero-order valence-corrected chi connectivity index (χ0v) is 13.8. The van der Waals surface area contributed by atoms with Crippen molar-refractivity contribution in [3.8, 4) is 0 Å². The highest BCUT2D eigenvalue weighted by atomic mass is 19.1. The first-order chi connectivity index (χ1) is 10.0. The molecule has 4 heteroatoms. The second-order valence-corrected chi connectivity index (χ2v) is 5.34. The molecule has 0 aromatic heterocycles. The molecule has 1 rings (SSSR count). The van der Waals surface area contributed by atoms with E-state index in [-0.39, 0.29) is 5.82 Å². The van der Waals surface area contributed by atoms with E-state index in [1.807, 2.05) is 0 Å². The molecule has 0 aliphatic heterocycles. The van der Waals surface area contributed by atoms with Crippen LogP contribution >= 0.6 is 0 Å². The van der Waals surface area contributed by atoms with Gasteiger partial charge in [-0.2, -0.15) is 0 Å². The molecule has 120 valence electrons. The third-order valence-corrected chi connectivity index (χ3v) is 3.96. The van der Waals surface area contributed by atoms with Gasteiger partial charge in [-0.25, -0.2) is 4.39 Å². The van der Waals surface area contributed by atoms with Gasteiger partial charge in [-0.3, -0.25) is 0 Å². The number of benzene rings is 1. The second kappa shape index (κ2) is 9.00. The highest BCUT2D eigenvalue weighted by molar-refractivity contribution is 5.54. The van der Waals surface area contributed by atoms with Crippen molar-refractivity contribution in [1.29, 1.82) is 0 Å². The fourth-order valence-corrected chi connectivity index (χ4v) is 2.62. The van der Waals surface area contributed by atoms with Gasteiger partial charge in [-0.05, 0) is 58.1 Å². The smallest absolute Gasteiger partial charge is 0.123 e. The topological polar surface area (TPSA) is 26.7 Å². The van der Waals surface area contributed by atoms with Gasteiger partial charge in [0.05, 0.1) is 6.10 Å². The van der Waals surface area contributed by atoms with Gasteiger partial charge < -0.3 is 14.9 Å². The first-order valence-electron chi connectivity index (χ1n) is 7.98. The van der Waals surface area contributed by atoms with E-state index in [2.05, 4.69) is 30.6 Å². The van der Waals surface area contributed by atoms with Crippen LogP contribution in [0.3, 0.4) is 0 Å². The van der Waals surface area contributed by atoms with Gasteiger partial charge in [0.2, 0.25) is 0 Å². The largest absolute Gasteiger partial charge is 0.389 e. The Kier molecular flexibility index (Phi) is 7.68. The Bertz CT molecular complexity index is 419. The number of halogens is 1. The quantitative estimate of drug-likeness (QED) is 0.756. The minimum Gasteiger partial charge on any atom is -0.389 e. The number of hydrogen-bond acceptors (Lipinski definition) is 3. The fourth-order valence-electron chi connectivity index (χ4n) is 2.62. The highest BCUT2D eigenvalue weighted by Crippen LogP contribution is 2.27. The van der Waals surface area contributed by atoms with Crippen molar-refractivity contribution < 1.29 is 9.50 Å². The molecule has 1 aromatic rings. The number of rotatable bonds is 9. The lowest BCUT2D eigenvalue weighted by Crippen LogP contribution is -2.30. The minimum atomic E-state index is -0.660. The summed E-state index contributed by atoms with van der Waals surface area (Å²) in [6, 6.07) is 4.68. The summed E-state index contributed by atoms with van der Waals surface area (Å²) in [5.41, 5.74) is 1.60. The summed E-state index contributed by atoms with van der Waals surface area (Å²) in [7, 11) is 0. The van der Waals surface area contributed by atoms with Crippen LogP contribution in [-0.2, 0) is 0 Å². The van der Waals surface area contributed by atoms with E-state index < -0.39 is 6.10 Å². The monoisotopic (exact) mass is 296 g/mol. The summed E-state index contributed by atoms with van der Waals surface area (Å²) in [6.07, 6.45) is 0.402. The Hall–Kier alpha value is -1.13. The molecule has 1 N–H and O–H groups in total. The van der Waals surface area contributed by atoms with Crippen LogP contribution in [0.15, 0.2) is 18.2 Å². The lowest BCUT2D eigenvalue weighted by atomic mass is 10.1. The van der Waals surface area contributed by atoms with E-state index >= 15 is 0 Å². The van der Waals surface area contributed by atoms with Crippen LogP contribution in [0.5, 0.6) is 0 Å². The highest BCUT2D eigenvalue weighted by Gasteiger charge is 2.14. The second-order valence-electron chi connectivity index (χ2n) is 5.34. The number of aliphatic hydroxyl groups is 1. The van der Waals surface area contributed by atoms with Crippen molar-refractivity contribution >= 4 is 5.69 Å². The average molecular weight is 296 g/mol. The Morgan fingerprint density at radius 1 is 1.10 bits per heavy atom. The number of aliphatic hydroxyl groups excluding tert-OH is 1. The summed E-state index contributed by atoms with van der Waals surface area (Å²) >= 11 is 0. The summed E-state index contributed by atoms with van der Waals surface area (Å²) in [4.78, 5) is 4.61. The summed E-state index contributed by atoms with van der Waals surface area (Å²) in [5.74, 6) is -0.297. The van der Waals surface area contributed by atoms with E-state index in [1.165, 1.54) is 12.1 Å². The van der Waals surface area contributed by atoms with E-state index in [9.17, 15) is 9.50 Å². The van der Waals surface area contributed by atoms with Gasteiger partial charge in [0.1, 0.15) is 5.82 Å². The van der Waals surface area contributed by atoms with E-state index in [0.717, 1.165) is 44.8 Å². The van der Waals surface area contributed by atoms with Crippen molar-refractivity contribution in [2.24, 2.45) is 0 Å². The predicted molar refractivity (Wildman–Crippen MR) is 87.3 cm³/mol. The van der Waals surface area contributed by atoms with Gasteiger partial charge in [0, 0.05) is 24.3 Å². The zero-order valence-electron chi connectivity index (χ0n) is 13.8. The number of nitrogens with zero attached hydrogens (tertiary/aromatic N) is 2. The van der Waals surface area contributed by atoms with Crippen LogP contribution in [0.2, 0.25) is 0 Å². The molecule has 0 spiro atoms. The lowest BCUT2D eigenvalue weighted by molar-refractivity contribution is 0.199. The van der Waals surface area contributed by atoms with Crippen LogP contribution < -0.4 is 4.90 Å². The molecule has 1 aromatic carbocycles. The molecule has 21 heavy (non-hydrogen) atoms. The molecule has 0 bridgehead atoms. The van der Waals surface area contributed by atoms with Gasteiger partial charge >= 0.3 is 0 Å². The summed E-state index contributed by atoms with van der Waals surface area (Å²) in [6.45, 7) is 13.1. The Labute approximate surface area is 128 Å². The molecule has 0 aliphatic rings. The van der Waals surface area contributed by atoms with Crippen LogP contribution in [-0.4, -0.2) is 42.7 Å². The summed E-state index contributed by atoms with van der Waals surface area (Å²) < 4.78 is 13.4. The van der Waals surface area contributed by atoms with Gasteiger partial charge in [0.15, 0.2) is 0 Å². The van der Waals surface area contributed by atoms with Crippen LogP contribution in [0.25, 0.3) is 0 Å². The van der Waals surface area contributed by atoms with Crippen molar-refractivity contribution in [2.75, 3.05) is 37.6 Å². The molecule has 0 amide bonds. The summed E-state index contributed by atoms with van der Waals surface area (Å²) in [5, 5.41) is 9.86. The molecule has 0 heterocycles. The Morgan fingerprint density at radius 3 is 2.29 bits per heavy atom. The third-order valence-electron chi connectivity index (χ3n) is 3.96. The Morgan fingerprint density at radius 2 is 1.76 bits per heavy atom. The predicted octanol–water partition coefficient (Wildman–Crippen LogP) is 3.44. The molecular formula is C17H29FN2O.